The summed E-state index contributed by atoms with van der Waals surface area (Å²) in [6, 6.07) is 0. The molecule has 0 atom stereocenters. The summed E-state index contributed by atoms with van der Waals surface area (Å²) in [5.74, 6) is 0. The Labute approximate surface area is 159 Å². The predicted molar refractivity (Wildman–Crippen MR) is 70.0 cm³/mol. The first-order valence-corrected chi connectivity index (χ1v) is 5.04. The van der Waals surface area contributed by atoms with Crippen LogP contribution < -0.4 is 0 Å². The molecule has 0 amide bonds. The van der Waals surface area contributed by atoms with Crippen LogP contribution in [0.5, 0.6) is 0 Å². The number of hydrogen-bond donors (Lipinski definition) is 0. The molecule has 0 saturated carbocycles. The minimum Gasteiger partial charge on any atom is 0 e. The first-order chi connectivity index (χ1) is 8.00. The van der Waals surface area contributed by atoms with E-state index in [0.29, 0.717) is 0 Å². The number of hydrogen-bond acceptors (Lipinski definition) is 2. The van der Waals surface area contributed by atoms with Crippen LogP contribution in [0.2, 0.25) is 0 Å². The zero-order chi connectivity index (χ0) is 17.0. The van der Waals surface area contributed by atoms with E-state index in [4.69, 9.17) is 43.9 Å². The summed E-state index contributed by atoms with van der Waals surface area (Å²) in [5.41, 5.74) is 0. The van der Waals surface area contributed by atoms with Gasteiger partial charge in [-0.05, 0) is 0 Å². The predicted octanol–water partition coefficient (Wildman–Crippen LogP) is 2.51. The Hall–Kier alpha value is 0.907. The standard InChI is InChI=1S/2C4H10S.4CO.2Rh/c2*1-4(2,3)5;4*1-2;;/h2*5H,1-3H3;;;;;;/p-2. The third-order valence-corrected chi connectivity index (χ3v) is 0. The van der Waals surface area contributed by atoms with Gasteiger partial charge in [-0.25, -0.2) is 0 Å². The van der Waals surface area contributed by atoms with Crippen LogP contribution in [-0.4, -0.2) is 9.49 Å². The second kappa shape index (κ2) is 42.7. The molecule has 0 aromatic heterocycles. The quantitative estimate of drug-likeness (QED) is 0.224. The maximum atomic E-state index is 7.50. The minimum absolute atomic E-state index is 0. The average molecular weight is 496 g/mol. The smallest absolute Gasteiger partial charge is 0 e. The molecular formula is C12H18O4Rh2S2-2. The normalized spacial score (nSPS) is 6.40. The Bertz CT molecular complexity index is 165. The van der Waals surface area contributed by atoms with Crippen molar-refractivity contribution < 1.29 is 57.6 Å². The molecule has 0 aromatic rings. The van der Waals surface area contributed by atoms with Crippen LogP contribution in [0.3, 0.4) is 0 Å². The van der Waals surface area contributed by atoms with Crippen molar-refractivity contribution >= 4 is 25.3 Å². The molecule has 122 valence electrons. The fourth-order valence-electron chi connectivity index (χ4n) is 0. The molecule has 4 nitrogen and oxygen atoms in total. The van der Waals surface area contributed by atoms with Gasteiger partial charge in [0.2, 0.25) is 0 Å². The summed E-state index contributed by atoms with van der Waals surface area (Å²) < 4.78 is 30.2. The Balaban J connectivity index is -0.0000000151. The Morgan fingerprint density at radius 2 is 0.500 bits per heavy atom. The molecule has 8 heteroatoms. The Morgan fingerprint density at radius 3 is 0.500 bits per heavy atom. The Morgan fingerprint density at radius 1 is 0.500 bits per heavy atom. The van der Waals surface area contributed by atoms with Crippen LogP contribution in [-0.2, 0) is 82.8 Å². The van der Waals surface area contributed by atoms with Crippen molar-refractivity contribution in [2.24, 2.45) is 0 Å². The second-order valence-electron chi connectivity index (χ2n) is 4.22. The van der Waals surface area contributed by atoms with Crippen molar-refractivity contribution in [3.8, 4) is 0 Å². The van der Waals surface area contributed by atoms with Gasteiger partial charge >= 0.3 is 45.2 Å². The third-order valence-electron chi connectivity index (χ3n) is 0. The van der Waals surface area contributed by atoms with Gasteiger partial charge in [0.05, 0.1) is 0 Å². The van der Waals surface area contributed by atoms with Gasteiger partial charge in [0.15, 0.2) is 0 Å². The molecule has 0 rings (SSSR count). The molecule has 0 aliphatic heterocycles. The zero-order valence-electron chi connectivity index (χ0n) is 12.1. The molecule has 0 N–H and O–H groups in total. The fourth-order valence-corrected chi connectivity index (χ4v) is 0. The maximum absolute atomic E-state index is 7.50. The van der Waals surface area contributed by atoms with Crippen LogP contribution in [0.4, 0.5) is 0 Å². The maximum Gasteiger partial charge on any atom is 0 e. The van der Waals surface area contributed by atoms with Crippen molar-refractivity contribution in [3.63, 3.8) is 0 Å². The van der Waals surface area contributed by atoms with Crippen molar-refractivity contribution in [3.05, 3.63) is 26.6 Å². The molecule has 0 saturated heterocycles. The SMILES string of the molecule is CC(C)(C)[S-].CC(C)(C)[S-].[C-]#[O+].[C-]#[O+].[C-]#[O+].[C-]#[O+].[Rh].[Rh]. The van der Waals surface area contributed by atoms with Crippen LogP contribution >= 0.6 is 0 Å². The zero-order valence-corrected chi connectivity index (χ0v) is 17.0. The van der Waals surface area contributed by atoms with Gasteiger partial charge in [0.1, 0.15) is 0 Å². The van der Waals surface area contributed by atoms with Gasteiger partial charge in [-0.15, -0.1) is 0 Å². The fraction of sp³-hybridized carbons (Fsp3) is 0.667. The topological polar surface area (TPSA) is 79.6 Å². The molecule has 0 heterocycles. The summed E-state index contributed by atoms with van der Waals surface area (Å²) in [7, 11) is 0. The monoisotopic (exact) mass is 496 g/mol. The third kappa shape index (κ3) is 7370. The van der Waals surface area contributed by atoms with Crippen LogP contribution in [0, 0.1) is 26.6 Å². The van der Waals surface area contributed by atoms with Crippen molar-refractivity contribution in [1.82, 2.24) is 0 Å². The largest absolute Gasteiger partial charge is 0 e. The molecule has 0 spiro atoms. The summed E-state index contributed by atoms with van der Waals surface area (Å²) in [6.45, 7) is 30.0. The van der Waals surface area contributed by atoms with Crippen LogP contribution in [0.25, 0.3) is 0 Å². The summed E-state index contributed by atoms with van der Waals surface area (Å²) in [6.07, 6.45) is 0. The van der Waals surface area contributed by atoms with E-state index in [-0.39, 0.29) is 48.4 Å². The van der Waals surface area contributed by atoms with Gasteiger partial charge in [0, 0.05) is 39.0 Å². The second-order valence-corrected chi connectivity index (χ2v) is 6.67. The molecule has 0 aromatic carbocycles. The van der Waals surface area contributed by atoms with Gasteiger partial charge in [-0.2, -0.15) is 9.49 Å². The van der Waals surface area contributed by atoms with Gasteiger partial charge in [-0.1, -0.05) is 41.5 Å². The van der Waals surface area contributed by atoms with E-state index in [2.05, 4.69) is 26.6 Å². The molecule has 0 fully saturated rings. The van der Waals surface area contributed by atoms with E-state index < -0.39 is 0 Å². The summed E-state index contributed by atoms with van der Waals surface area (Å²) in [4.78, 5) is 0. The van der Waals surface area contributed by atoms with E-state index >= 15 is 0 Å². The molecular weight excluding hydrogens is 478 g/mol. The van der Waals surface area contributed by atoms with E-state index in [1.54, 1.807) is 0 Å². The molecule has 2 radical (unpaired) electrons. The van der Waals surface area contributed by atoms with Crippen molar-refractivity contribution in [2.45, 2.75) is 51.0 Å². The summed E-state index contributed by atoms with van der Waals surface area (Å²) >= 11 is 9.65. The molecule has 20 heavy (non-hydrogen) atoms. The molecule has 0 aliphatic carbocycles. The minimum atomic E-state index is 0. The van der Waals surface area contributed by atoms with Crippen molar-refractivity contribution in [1.29, 1.82) is 0 Å². The van der Waals surface area contributed by atoms with Crippen LogP contribution in [0.1, 0.15) is 41.5 Å². The van der Waals surface area contributed by atoms with E-state index in [9.17, 15) is 0 Å². The number of rotatable bonds is 0. The summed E-state index contributed by atoms with van der Waals surface area (Å²) in [5, 5.41) is 0. The van der Waals surface area contributed by atoms with E-state index in [0.717, 1.165) is 0 Å². The Kier molecular flexibility index (Phi) is 106. The first kappa shape index (κ1) is 49.7. The van der Waals surface area contributed by atoms with Crippen molar-refractivity contribution in [2.75, 3.05) is 0 Å². The molecule has 0 aliphatic rings. The van der Waals surface area contributed by atoms with Gasteiger partial charge in [0.25, 0.3) is 0 Å². The molecule has 0 bridgehead atoms. The average Bonchev–Trinajstić information content (AvgIpc) is 2.24. The molecule has 0 unspecified atom stereocenters. The van der Waals surface area contributed by atoms with E-state index in [1.807, 2.05) is 41.5 Å². The van der Waals surface area contributed by atoms with Crippen LogP contribution in [0.15, 0.2) is 0 Å². The van der Waals surface area contributed by atoms with Gasteiger partial charge in [-0.3, -0.25) is 0 Å². The van der Waals surface area contributed by atoms with E-state index in [1.165, 1.54) is 0 Å². The van der Waals surface area contributed by atoms with Gasteiger partial charge < -0.3 is 25.3 Å². The first-order valence-electron chi connectivity index (χ1n) is 4.22.